The Morgan fingerprint density at radius 2 is 1.87 bits per heavy atom. The van der Waals surface area contributed by atoms with Crippen LogP contribution in [0.1, 0.15) is 40.1 Å². The van der Waals surface area contributed by atoms with Gasteiger partial charge in [0.05, 0.1) is 31.1 Å². The highest BCUT2D eigenvalue weighted by molar-refractivity contribution is 5.95. The molecule has 0 bridgehead atoms. The van der Waals surface area contributed by atoms with Crippen LogP contribution in [-0.4, -0.2) is 42.0 Å². The molecule has 3 aromatic rings. The normalized spacial score (nSPS) is 15.1. The first kappa shape index (κ1) is 20.2. The van der Waals surface area contributed by atoms with Gasteiger partial charge in [-0.05, 0) is 50.6 Å². The second-order valence-corrected chi connectivity index (χ2v) is 7.73. The van der Waals surface area contributed by atoms with Crippen LogP contribution in [0.2, 0.25) is 0 Å². The number of hydrogen-bond donors (Lipinski definition) is 1. The highest BCUT2D eigenvalue weighted by Gasteiger charge is 2.19. The number of benzene rings is 2. The van der Waals surface area contributed by atoms with Gasteiger partial charge in [-0.15, -0.1) is 0 Å². The Morgan fingerprint density at radius 1 is 1.10 bits per heavy atom. The van der Waals surface area contributed by atoms with Crippen molar-refractivity contribution in [2.24, 2.45) is 0 Å². The minimum absolute atomic E-state index is 0.0827. The maximum absolute atomic E-state index is 12.9. The SMILES string of the molecule is Cc1ccccc1-n1ncc(C(C)NC(=O)c2cccc(N3CCOCC3)c2)c1C. The third-order valence-corrected chi connectivity index (χ3v) is 5.69. The van der Waals surface area contributed by atoms with Gasteiger partial charge in [0.25, 0.3) is 5.91 Å². The molecule has 0 spiro atoms. The van der Waals surface area contributed by atoms with E-state index in [9.17, 15) is 4.79 Å². The van der Waals surface area contributed by atoms with E-state index < -0.39 is 0 Å². The topological polar surface area (TPSA) is 59.4 Å². The molecule has 30 heavy (non-hydrogen) atoms. The molecular formula is C24H28N4O2. The molecule has 1 N–H and O–H groups in total. The maximum atomic E-state index is 12.9. The van der Waals surface area contributed by atoms with E-state index in [4.69, 9.17) is 4.74 Å². The molecule has 1 aromatic heterocycles. The number of para-hydroxylation sites is 1. The molecule has 6 nitrogen and oxygen atoms in total. The van der Waals surface area contributed by atoms with E-state index in [1.807, 2.05) is 61.1 Å². The Bertz CT molecular complexity index is 1040. The average molecular weight is 405 g/mol. The summed E-state index contributed by atoms with van der Waals surface area (Å²) in [5.41, 5.74) is 5.97. The van der Waals surface area contributed by atoms with Crippen LogP contribution in [0.15, 0.2) is 54.7 Å². The summed E-state index contributed by atoms with van der Waals surface area (Å²) in [5.74, 6) is -0.0827. The van der Waals surface area contributed by atoms with Crippen LogP contribution in [0.5, 0.6) is 0 Å². The lowest BCUT2D eigenvalue weighted by atomic mass is 10.1. The smallest absolute Gasteiger partial charge is 0.251 e. The number of rotatable bonds is 5. The van der Waals surface area contributed by atoms with Crippen molar-refractivity contribution in [2.45, 2.75) is 26.8 Å². The van der Waals surface area contributed by atoms with E-state index >= 15 is 0 Å². The number of carbonyl (C=O) groups excluding carboxylic acids is 1. The summed E-state index contributed by atoms with van der Waals surface area (Å²) >= 11 is 0. The van der Waals surface area contributed by atoms with Crippen LogP contribution in [-0.2, 0) is 4.74 Å². The van der Waals surface area contributed by atoms with E-state index in [1.54, 1.807) is 0 Å². The largest absolute Gasteiger partial charge is 0.378 e. The van der Waals surface area contributed by atoms with E-state index in [-0.39, 0.29) is 11.9 Å². The van der Waals surface area contributed by atoms with Crippen LogP contribution < -0.4 is 10.2 Å². The first-order chi connectivity index (χ1) is 14.5. The summed E-state index contributed by atoms with van der Waals surface area (Å²) in [7, 11) is 0. The van der Waals surface area contributed by atoms with Crippen LogP contribution in [0.3, 0.4) is 0 Å². The van der Waals surface area contributed by atoms with Crippen molar-refractivity contribution >= 4 is 11.6 Å². The van der Waals surface area contributed by atoms with Gasteiger partial charge in [-0.2, -0.15) is 5.10 Å². The second-order valence-electron chi connectivity index (χ2n) is 7.73. The van der Waals surface area contributed by atoms with Gasteiger partial charge in [0.2, 0.25) is 0 Å². The summed E-state index contributed by atoms with van der Waals surface area (Å²) in [5, 5.41) is 7.70. The minimum atomic E-state index is -0.151. The Kier molecular flexibility index (Phi) is 5.86. The standard InChI is InChI=1S/C24H28N4O2/c1-17-7-4-5-10-23(17)28-19(3)22(16-25-28)18(2)26-24(29)20-8-6-9-21(15-20)27-11-13-30-14-12-27/h4-10,15-16,18H,11-14H2,1-3H3,(H,26,29). The monoisotopic (exact) mass is 404 g/mol. The molecule has 1 unspecified atom stereocenters. The van der Waals surface area contributed by atoms with E-state index in [1.165, 1.54) is 0 Å². The van der Waals surface area contributed by atoms with E-state index in [0.717, 1.165) is 54.5 Å². The molecule has 1 saturated heterocycles. The number of hydrogen-bond acceptors (Lipinski definition) is 4. The molecule has 0 saturated carbocycles. The molecule has 2 aromatic carbocycles. The van der Waals surface area contributed by atoms with Gasteiger partial charge < -0.3 is 15.0 Å². The highest BCUT2D eigenvalue weighted by atomic mass is 16.5. The molecule has 1 aliphatic rings. The summed E-state index contributed by atoms with van der Waals surface area (Å²) < 4.78 is 7.36. The fourth-order valence-electron chi connectivity index (χ4n) is 3.91. The summed E-state index contributed by atoms with van der Waals surface area (Å²) in [6.07, 6.45) is 1.84. The molecule has 0 radical (unpaired) electrons. The third kappa shape index (κ3) is 4.09. The Morgan fingerprint density at radius 3 is 2.63 bits per heavy atom. The van der Waals surface area contributed by atoms with Crippen molar-refractivity contribution < 1.29 is 9.53 Å². The molecule has 1 fully saturated rings. The summed E-state index contributed by atoms with van der Waals surface area (Å²) in [6.45, 7) is 9.24. The Hall–Kier alpha value is -3.12. The minimum Gasteiger partial charge on any atom is -0.378 e. The lowest BCUT2D eigenvalue weighted by molar-refractivity contribution is 0.0940. The number of nitrogens with zero attached hydrogens (tertiary/aromatic N) is 3. The van der Waals surface area contributed by atoms with Gasteiger partial charge in [0.1, 0.15) is 0 Å². The number of nitrogens with one attached hydrogen (secondary N) is 1. The number of aromatic nitrogens is 2. The molecule has 0 aliphatic carbocycles. The molecular weight excluding hydrogens is 376 g/mol. The summed E-state index contributed by atoms with van der Waals surface area (Å²) in [6, 6.07) is 15.8. The fourth-order valence-corrected chi connectivity index (χ4v) is 3.91. The zero-order valence-electron chi connectivity index (χ0n) is 17.8. The second kappa shape index (κ2) is 8.71. The van der Waals surface area contributed by atoms with Crippen LogP contribution in [0.4, 0.5) is 5.69 Å². The molecule has 156 valence electrons. The number of carbonyl (C=O) groups is 1. The molecule has 4 rings (SSSR count). The van der Waals surface area contributed by atoms with Crippen molar-refractivity contribution in [3.8, 4) is 5.69 Å². The zero-order chi connectivity index (χ0) is 21.1. The number of anilines is 1. The van der Waals surface area contributed by atoms with Gasteiger partial charge in [0, 0.05) is 35.6 Å². The Labute approximate surface area is 177 Å². The van der Waals surface area contributed by atoms with Crippen LogP contribution in [0.25, 0.3) is 5.69 Å². The predicted molar refractivity (Wildman–Crippen MR) is 118 cm³/mol. The molecule has 6 heteroatoms. The molecule has 2 heterocycles. The third-order valence-electron chi connectivity index (χ3n) is 5.69. The fraction of sp³-hybridized carbons (Fsp3) is 0.333. The van der Waals surface area contributed by atoms with Gasteiger partial charge in [-0.25, -0.2) is 4.68 Å². The predicted octanol–water partition coefficient (Wildman–Crippen LogP) is 3.82. The summed E-state index contributed by atoms with van der Waals surface area (Å²) in [4.78, 5) is 15.2. The van der Waals surface area contributed by atoms with Crippen molar-refractivity contribution in [2.75, 3.05) is 31.2 Å². The molecule has 1 atom stereocenters. The first-order valence-electron chi connectivity index (χ1n) is 10.4. The highest BCUT2D eigenvalue weighted by Crippen LogP contribution is 2.23. The Balaban J connectivity index is 1.50. The number of aryl methyl sites for hydroxylation is 1. The quantitative estimate of drug-likeness (QED) is 0.702. The van der Waals surface area contributed by atoms with Crippen molar-refractivity contribution in [3.63, 3.8) is 0 Å². The zero-order valence-corrected chi connectivity index (χ0v) is 17.8. The van der Waals surface area contributed by atoms with Crippen molar-refractivity contribution in [1.29, 1.82) is 0 Å². The molecule has 1 amide bonds. The number of amides is 1. The van der Waals surface area contributed by atoms with Gasteiger partial charge in [-0.3, -0.25) is 4.79 Å². The van der Waals surface area contributed by atoms with Crippen LogP contribution >= 0.6 is 0 Å². The lowest BCUT2D eigenvalue weighted by Gasteiger charge is -2.29. The van der Waals surface area contributed by atoms with Crippen molar-refractivity contribution in [3.05, 3.63) is 77.1 Å². The lowest BCUT2D eigenvalue weighted by Crippen LogP contribution is -2.36. The molecule has 1 aliphatic heterocycles. The number of ether oxygens (including phenoxy) is 1. The first-order valence-corrected chi connectivity index (χ1v) is 10.4. The van der Waals surface area contributed by atoms with Gasteiger partial charge in [0.15, 0.2) is 0 Å². The van der Waals surface area contributed by atoms with Crippen molar-refractivity contribution in [1.82, 2.24) is 15.1 Å². The van der Waals surface area contributed by atoms with E-state index in [0.29, 0.717) is 5.56 Å². The van der Waals surface area contributed by atoms with E-state index in [2.05, 4.69) is 34.4 Å². The van der Waals surface area contributed by atoms with Crippen LogP contribution in [0, 0.1) is 13.8 Å². The van der Waals surface area contributed by atoms with Gasteiger partial charge >= 0.3 is 0 Å². The van der Waals surface area contributed by atoms with Gasteiger partial charge in [-0.1, -0.05) is 24.3 Å². The maximum Gasteiger partial charge on any atom is 0.251 e. The number of morpholine rings is 1. The average Bonchev–Trinajstić information content (AvgIpc) is 3.16.